The van der Waals surface area contributed by atoms with Gasteiger partial charge in [0.2, 0.25) is 11.9 Å². The smallest absolute Gasteiger partial charge is 0.247 e. The van der Waals surface area contributed by atoms with Crippen molar-refractivity contribution >= 4 is 51.4 Å². The molecule has 4 aromatic rings. The van der Waals surface area contributed by atoms with Crippen LogP contribution in [-0.4, -0.2) is 42.3 Å². The summed E-state index contributed by atoms with van der Waals surface area (Å²) in [5, 5.41) is 15.4. The third-order valence-electron chi connectivity index (χ3n) is 6.12. The van der Waals surface area contributed by atoms with E-state index in [4.69, 9.17) is 21.1 Å². The number of carbonyl (C=O) groups is 1. The Labute approximate surface area is 225 Å². The lowest BCUT2D eigenvalue weighted by molar-refractivity contribution is -0.111. The molecule has 5 rings (SSSR count). The normalized spacial score (nSPS) is 17.0. The van der Waals surface area contributed by atoms with Gasteiger partial charge in [0.25, 0.3) is 0 Å². The van der Waals surface area contributed by atoms with Crippen molar-refractivity contribution in [2.75, 3.05) is 36.2 Å². The third kappa shape index (κ3) is 5.86. The fourth-order valence-electron chi connectivity index (χ4n) is 4.19. The number of aromatic nitrogens is 2. The molecule has 3 aromatic carbocycles. The van der Waals surface area contributed by atoms with E-state index in [1.165, 1.54) is 6.08 Å². The van der Waals surface area contributed by atoms with Gasteiger partial charge in [-0.25, -0.2) is 4.98 Å². The maximum absolute atomic E-state index is 11.9. The number of amides is 1. The summed E-state index contributed by atoms with van der Waals surface area (Å²) in [6, 6.07) is 19.6. The fraction of sp³-hybridized carbons (Fsp3) is 0.179. The molecular weight excluding hydrogens is 504 g/mol. The number of nitrogens with one attached hydrogen (secondary N) is 4. The van der Waals surface area contributed by atoms with Crippen molar-refractivity contribution in [2.45, 2.75) is 12.3 Å². The average Bonchev–Trinajstić information content (AvgIpc) is 2.95. The van der Waals surface area contributed by atoms with E-state index in [9.17, 15) is 4.79 Å². The highest BCUT2D eigenvalue weighted by molar-refractivity contribution is 6.32. The first-order valence-corrected chi connectivity index (χ1v) is 12.4. The van der Waals surface area contributed by atoms with Crippen molar-refractivity contribution < 1.29 is 14.3 Å². The minimum absolute atomic E-state index is 0.238. The van der Waals surface area contributed by atoms with Gasteiger partial charge in [0.05, 0.1) is 26.0 Å². The predicted octanol–water partition coefficient (Wildman–Crippen LogP) is 5.26. The summed E-state index contributed by atoms with van der Waals surface area (Å²) in [6.07, 6.45) is 2.23. The predicted molar refractivity (Wildman–Crippen MR) is 150 cm³/mol. The number of benzene rings is 3. The molecule has 1 amide bonds. The summed E-state index contributed by atoms with van der Waals surface area (Å²) in [6.45, 7) is 4.33. The Balaban J connectivity index is 1.25. The Kier molecular flexibility index (Phi) is 7.69. The molecule has 0 bridgehead atoms. The summed E-state index contributed by atoms with van der Waals surface area (Å²) in [7, 11) is 1.59. The molecule has 0 spiro atoms. The van der Waals surface area contributed by atoms with E-state index in [0.717, 1.165) is 22.0 Å². The Morgan fingerprint density at radius 1 is 1.18 bits per heavy atom. The van der Waals surface area contributed by atoms with Crippen molar-refractivity contribution in [3.63, 3.8) is 0 Å². The molecule has 1 saturated heterocycles. The molecule has 1 aliphatic heterocycles. The van der Waals surface area contributed by atoms with Crippen molar-refractivity contribution in [1.82, 2.24) is 15.3 Å². The second-order valence-corrected chi connectivity index (χ2v) is 9.06. The standard InChI is InChI=1S/C28H27ClN6O3/c1-3-26(36)33-23-11-10-20(37-2)13-21(23)24-15-30-25(16-38-24)34-28-31-14-22(29)27(35-28)32-19-9-8-17-6-4-5-7-18(17)12-19/h3-14,24-25,30H,1,15-16H2,2H3,(H,33,36)(H2,31,32,34,35). The number of ether oxygens (including phenoxy) is 2. The van der Waals surface area contributed by atoms with Crippen LogP contribution in [0.15, 0.2) is 79.5 Å². The fourth-order valence-corrected chi connectivity index (χ4v) is 4.33. The summed E-state index contributed by atoms with van der Waals surface area (Å²) in [4.78, 5) is 20.8. The molecule has 1 aliphatic rings. The van der Waals surface area contributed by atoms with Crippen LogP contribution in [0.1, 0.15) is 11.7 Å². The van der Waals surface area contributed by atoms with Gasteiger partial charge in [0.1, 0.15) is 16.9 Å². The van der Waals surface area contributed by atoms with Crippen LogP contribution in [0.25, 0.3) is 10.8 Å². The molecule has 9 nitrogen and oxygen atoms in total. The van der Waals surface area contributed by atoms with Crippen molar-refractivity contribution in [3.8, 4) is 5.75 Å². The molecular formula is C28H27ClN6O3. The van der Waals surface area contributed by atoms with Crippen LogP contribution in [0.3, 0.4) is 0 Å². The topological polar surface area (TPSA) is 109 Å². The van der Waals surface area contributed by atoms with E-state index < -0.39 is 0 Å². The molecule has 2 heterocycles. The zero-order chi connectivity index (χ0) is 26.5. The molecule has 4 N–H and O–H groups in total. The maximum Gasteiger partial charge on any atom is 0.247 e. The number of nitrogens with zero attached hydrogens (tertiary/aromatic N) is 2. The number of anilines is 4. The van der Waals surface area contributed by atoms with Crippen LogP contribution in [0.2, 0.25) is 5.02 Å². The van der Waals surface area contributed by atoms with Crippen molar-refractivity contribution in [3.05, 3.63) is 90.1 Å². The Hall–Kier alpha value is -4.18. The summed E-state index contributed by atoms with van der Waals surface area (Å²) >= 11 is 6.38. The Morgan fingerprint density at radius 2 is 2.03 bits per heavy atom. The van der Waals surface area contributed by atoms with E-state index in [1.54, 1.807) is 25.4 Å². The molecule has 38 heavy (non-hydrogen) atoms. The highest BCUT2D eigenvalue weighted by Crippen LogP contribution is 2.32. The van der Waals surface area contributed by atoms with Gasteiger partial charge in [0, 0.05) is 23.5 Å². The molecule has 194 valence electrons. The highest BCUT2D eigenvalue weighted by Gasteiger charge is 2.26. The summed E-state index contributed by atoms with van der Waals surface area (Å²) in [5.74, 6) is 1.26. The summed E-state index contributed by atoms with van der Waals surface area (Å²) in [5.41, 5.74) is 2.31. The number of halogens is 1. The van der Waals surface area contributed by atoms with E-state index in [-0.39, 0.29) is 18.2 Å². The van der Waals surface area contributed by atoms with Crippen LogP contribution in [0.5, 0.6) is 5.75 Å². The molecule has 1 aromatic heterocycles. The van der Waals surface area contributed by atoms with Crippen molar-refractivity contribution in [2.24, 2.45) is 0 Å². The largest absolute Gasteiger partial charge is 0.497 e. The first-order chi connectivity index (χ1) is 18.5. The number of carbonyl (C=O) groups excluding carboxylic acids is 1. The van der Waals surface area contributed by atoms with Gasteiger partial charge in [-0.3, -0.25) is 10.1 Å². The van der Waals surface area contributed by atoms with Gasteiger partial charge in [-0.1, -0.05) is 48.5 Å². The molecule has 10 heteroatoms. The van der Waals surface area contributed by atoms with Gasteiger partial charge in [0.15, 0.2) is 5.82 Å². The molecule has 0 radical (unpaired) electrons. The average molecular weight is 531 g/mol. The Morgan fingerprint density at radius 3 is 2.79 bits per heavy atom. The van der Waals surface area contributed by atoms with E-state index >= 15 is 0 Å². The first kappa shape index (κ1) is 25.5. The number of rotatable bonds is 8. The van der Waals surface area contributed by atoms with Crippen molar-refractivity contribution in [1.29, 1.82) is 0 Å². The minimum Gasteiger partial charge on any atom is -0.497 e. The second-order valence-electron chi connectivity index (χ2n) is 8.65. The Bertz CT molecular complexity index is 1470. The van der Waals surface area contributed by atoms with Crippen LogP contribution >= 0.6 is 11.6 Å². The number of morpholine rings is 1. The van der Waals surface area contributed by atoms with E-state index in [1.807, 2.05) is 36.4 Å². The lowest BCUT2D eigenvalue weighted by Crippen LogP contribution is -2.47. The van der Waals surface area contributed by atoms with Gasteiger partial charge in [-0.05, 0) is 47.2 Å². The number of methoxy groups -OCH3 is 1. The molecule has 2 unspecified atom stereocenters. The second kappa shape index (κ2) is 11.5. The number of hydrogen-bond donors (Lipinski definition) is 4. The van der Waals surface area contributed by atoms with Crippen LogP contribution in [0.4, 0.5) is 23.1 Å². The molecule has 0 aliphatic carbocycles. The SMILES string of the molecule is C=CC(=O)Nc1ccc(OC)cc1C1CNC(Nc2ncc(Cl)c(Nc3ccc4ccccc4c3)n2)CO1. The van der Waals surface area contributed by atoms with Gasteiger partial charge in [-0.15, -0.1) is 0 Å². The van der Waals surface area contributed by atoms with E-state index in [2.05, 4.69) is 49.9 Å². The lowest BCUT2D eigenvalue weighted by atomic mass is 10.0. The lowest BCUT2D eigenvalue weighted by Gasteiger charge is -2.32. The van der Waals surface area contributed by atoms with Crippen LogP contribution in [-0.2, 0) is 9.53 Å². The monoisotopic (exact) mass is 530 g/mol. The zero-order valence-electron chi connectivity index (χ0n) is 20.7. The summed E-state index contributed by atoms with van der Waals surface area (Å²) < 4.78 is 11.5. The molecule has 1 fully saturated rings. The zero-order valence-corrected chi connectivity index (χ0v) is 21.5. The van der Waals surface area contributed by atoms with E-state index in [0.29, 0.717) is 41.4 Å². The maximum atomic E-state index is 11.9. The third-order valence-corrected chi connectivity index (χ3v) is 6.40. The van der Waals surface area contributed by atoms with Crippen LogP contribution < -0.4 is 26.0 Å². The van der Waals surface area contributed by atoms with Crippen LogP contribution in [0, 0.1) is 0 Å². The quantitative estimate of drug-likeness (QED) is 0.228. The number of fused-ring (bicyclic) bond motifs is 1. The number of hydrogen-bond acceptors (Lipinski definition) is 8. The van der Waals surface area contributed by atoms with Gasteiger partial charge < -0.3 is 25.4 Å². The van der Waals surface area contributed by atoms with Gasteiger partial charge >= 0.3 is 0 Å². The first-order valence-electron chi connectivity index (χ1n) is 12.0. The highest BCUT2D eigenvalue weighted by atomic mass is 35.5. The minimum atomic E-state index is -0.306. The molecule has 2 atom stereocenters. The van der Waals surface area contributed by atoms with Gasteiger partial charge in [-0.2, -0.15) is 4.98 Å². The molecule has 0 saturated carbocycles.